The number of halogens is 1. The van der Waals surface area contributed by atoms with Gasteiger partial charge in [-0.05, 0) is 36.8 Å². The summed E-state index contributed by atoms with van der Waals surface area (Å²) in [5.41, 5.74) is 2.11. The third-order valence-corrected chi connectivity index (χ3v) is 5.95. The van der Waals surface area contributed by atoms with E-state index < -0.39 is 5.25 Å². The summed E-state index contributed by atoms with van der Waals surface area (Å²) in [6.45, 7) is 1.89. The van der Waals surface area contributed by atoms with E-state index in [1.165, 1.54) is 16.7 Å². The average molecular weight is 418 g/mol. The summed E-state index contributed by atoms with van der Waals surface area (Å²) in [6.07, 6.45) is 0.0948. The molecule has 2 amide bonds. The first-order valence-corrected chi connectivity index (χ1v) is 9.86. The molecule has 1 N–H and O–H groups in total. The van der Waals surface area contributed by atoms with Crippen LogP contribution in [0.15, 0.2) is 47.5 Å². The number of ether oxygens (including phenoxy) is 1. The minimum Gasteiger partial charge on any atom is -0.494 e. The Morgan fingerprint density at radius 1 is 1.32 bits per heavy atom. The molecule has 0 aliphatic carbocycles. The van der Waals surface area contributed by atoms with Gasteiger partial charge in [0.15, 0.2) is 5.17 Å². The van der Waals surface area contributed by atoms with Gasteiger partial charge in [0.25, 0.3) is 0 Å². The monoisotopic (exact) mass is 417 g/mol. The number of amidine groups is 1. The molecule has 0 saturated carbocycles. The highest BCUT2D eigenvalue weighted by Gasteiger charge is 2.34. The lowest BCUT2D eigenvalue weighted by atomic mass is 10.2. The van der Waals surface area contributed by atoms with Gasteiger partial charge in [0.2, 0.25) is 11.8 Å². The van der Waals surface area contributed by atoms with Gasteiger partial charge in [-0.15, -0.1) is 0 Å². The molecule has 1 atom stereocenters. The van der Waals surface area contributed by atoms with Gasteiger partial charge < -0.3 is 10.1 Å². The molecule has 3 rings (SSSR count). The maximum Gasteiger partial charge on any atom is 0.238 e. The molecule has 0 radical (unpaired) electrons. The van der Waals surface area contributed by atoms with Crippen LogP contribution < -0.4 is 10.1 Å². The van der Waals surface area contributed by atoms with E-state index in [1.54, 1.807) is 38.4 Å². The predicted octanol–water partition coefficient (Wildman–Crippen LogP) is 4.25. The van der Waals surface area contributed by atoms with Crippen LogP contribution in [0.25, 0.3) is 0 Å². The minimum absolute atomic E-state index is 0.0948. The topological polar surface area (TPSA) is 71.0 Å². The van der Waals surface area contributed by atoms with Crippen LogP contribution in [0, 0.1) is 6.92 Å². The molecule has 1 heterocycles. The van der Waals surface area contributed by atoms with Crippen molar-refractivity contribution >= 4 is 51.7 Å². The summed E-state index contributed by atoms with van der Waals surface area (Å²) in [4.78, 5) is 31.1. The van der Waals surface area contributed by atoms with Crippen molar-refractivity contribution in [2.24, 2.45) is 4.99 Å². The van der Waals surface area contributed by atoms with Gasteiger partial charge in [0.1, 0.15) is 16.7 Å². The molecule has 6 nitrogen and oxygen atoms in total. The van der Waals surface area contributed by atoms with E-state index in [2.05, 4.69) is 10.3 Å². The highest BCUT2D eigenvalue weighted by molar-refractivity contribution is 8.15. The van der Waals surface area contributed by atoms with E-state index in [4.69, 9.17) is 16.3 Å². The Kier molecular flexibility index (Phi) is 6.26. The number of carbonyl (C=O) groups excluding carboxylic acids is 2. The molecule has 1 aliphatic heterocycles. The third-order valence-electron chi connectivity index (χ3n) is 4.30. The summed E-state index contributed by atoms with van der Waals surface area (Å²) in [7, 11) is 3.21. The lowest BCUT2D eigenvalue weighted by Crippen LogP contribution is -2.43. The molecular formula is C20H20ClN3O3S. The van der Waals surface area contributed by atoms with E-state index in [1.807, 2.05) is 25.1 Å². The van der Waals surface area contributed by atoms with Crippen LogP contribution in [-0.2, 0) is 9.59 Å². The maximum atomic E-state index is 12.7. The molecule has 2 aromatic carbocycles. The standard InChI is InChI=1S/C20H20ClN3O3S/c1-12-8-9-13(10-14(12)21)22-19(26)17-11-18(25)24(2)20(28-17)23-15-6-4-5-7-16(15)27-3/h4-10,17H,11H2,1-3H3,(H,22,26)/t17-/m1/s1. The molecule has 0 aromatic heterocycles. The van der Waals surface area contributed by atoms with Gasteiger partial charge in [-0.25, -0.2) is 4.99 Å². The summed E-state index contributed by atoms with van der Waals surface area (Å²) >= 11 is 7.37. The maximum absolute atomic E-state index is 12.7. The Labute approximate surface area is 172 Å². The number of para-hydroxylation sites is 2. The Balaban J connectivity index is 1.81. The molecule has 28 heavy (non-hydrogen) atoms. The molecule has 0 bridgehead atoms. The van der Waals surface area contributed by atoms with Gasteiger partial charge in [-0.1, -0.05) is 41.6 Å². The first kappa shape index (κ1) is 20.2. The van der Waals surface area contributed by atoms with Crippen molar-refractivity contribution in [2.45, 2.75) is 18.6 Å². The molecule has 0 spiro atoms. The van der Waals surface area contributed by atoms with Crippen molar-refractivity contribution < 1.29 is 14.3 Å². The smallest absolute Gasteiger partial charge is 0.238 e. The Morgan fingerprint density at radius 2 is 2.07 bits per heavy atom. The molecule has 1 fully saturated rings. The largest absolute Gasteiger partial charge is 0.494 e. The lowest BCUT2D eigenvalue weighted by Gasteiger charge is -2.29. The SMILES string of the molecule is COc1ccccc1N=C1S[C@@H](C(=O)Nc2ccc(C)c(Cl)c2)CC(=O)N1C. The summed E-state index contributed by atoms with van der Waals surface area (Å²) in [5.74, 6) is 0.158. The zero-order valence-electron chi connectivity index (χ0n) is 15.7. The van der Waals surface area contributed by atoms with E-state index in [0.717, 1.165) is 5.56 Å². The number of amides is 2. The number of aliphatic imine (C=N–C) groups is 1. The molecule has 2 aromatic rings. The first-order chi connectivity index (χ1) is 13.4. The number of aryl methyl sites for hydroxylation is 1. The van der Waals surface area contributed by atoms with Crippen molar-refractivity contribution in [3.8, 4) is 5.75 Å². The predicted molar refractivity (Wildman–Crippen MR) is 114 cm³/mol. The Morgan fingerprint density at radius 3 is 2.79 bits per heavy atom. The number of anilines is 1. The first-order valence-electron chi connectivity index (χ1n) is 8.61. The highest BCUT2D eigenvalue weighted by Crippen LogP contribution is 2.32. The Bertz CT molecular complexity index is 948. The molecule has 8 heteroatoms. The van der Waals surface area contributed by atoms with Crippen LogP contribution >= 0.6 is 23.4 Å². The fraction of sp³-hybridized carbons (Fsp3) is 0.250. The quantitative estimate of drug-likeness (QED) is 0.807. The molecule has 1 aliphatic rings. The van der Waals surface area contributed by atoms with Crippen molar-refractivity contribution in [2.75, 3.05) is 19.5 Å². The number of carbonyl (C=O) groups is 2. The number of methoxy groups -OCH3 is 1. The van der Waals surface area contributed by atoms with Gasteiger partial charge in [-0.3, -0.25) is 14.5 Å². The second-order valence-electron chi connectivity index (χ2n) is 6.28. The van der Waals surface area contributed by atoms with Gasteiger partial charge in [-0.2, -0.15) is 0 Å². The van der Waals surface area contributed by atoms with Crippen molar-refractivity contribution in [1.82, 2.24) is 4.90 Å². The number of benzene rings is 2. The van der Waals surface area contributed by atoms with E-state index >= 15 is 0 Å². The third kappa shape index (κ3) is 4.48. The molecule has 146 valence electrons. The summed E-state index contributed by atoms with van der Waals surface area (Å²) < 4.78 is 5.31. The van der Waals surface area contributed by atoms with Crippen molar-refractivity contribution in [3.05, 3.63) is 53.1 Å². The Hall–Kier alpha value is -2.51. The molecule has 0 unspecified atom stereocenters. The zero-order chi connectivity index (χ0) is 20.3. The molecule has 1 saturated heterocycles. The fourth-order valence-corrected chi connectivity index (χ4v) is 3.85. The van der Waals surface area contributed by atoms with Crippen LogP contribution in [0.4, 0.5) is 11.4 Å². The number of hydrogen-bond acceptors (Lipinski definition) is 5. The van der Waals surface area contributed by atoms with Crippen LogP contribution in [0.5, 0.6) is 5.75 Å². The number of nitrogens with one attached hydrogen (secondary N) is 1. The van der Waals surface area contributed by atoms with E-state index in [0.29, 0.717) is 27.3 Å². The number of rotatable bonds is 4. The fourth-order valence-electron chi connectivity index (χ4n) is 2.62. The van der Waals surface area contributed by atoms with Crippen molar-refractivity contribution in [1.29, 1.82) is 0 Å². The second kappa shape index (κ2) is 8.67. The van der Waals surface area contributed by atoms with Crippen LogP contribution in [-0.4, -0.2) is 41.3 Å². The number of thioether (sulfide) groups is 1. The van der Waals surface area contributed by atoms with Crippen molar-refractivity contribution in [3.63, 3.8) is 0 Å². The lowest BCUT2D eigenvalue weighted by molar-refractivity contribution is -0.128. The average Bonchev–Trinajstić information content (AvgIpc) is 2.68. The molecular weight excluding hydrogens is 398 g/mol. The van der Waals surface area contributed by atoms with Crippen LogP contribution in [0.3, 0.4) is 0 Å². The van der Waals surface area contributed by atoms with Crippen LogP contribution in [0.2, 0.25) is 5.02 Å². The minimum atomic E-state index is -0.586. The van der Waals surface area contributed by atoms with Crippen LogP contribution in [0.1, 0.15) is 12.0 Å². The normalized spacial score (nSPS) is 18.3. The van der Waals surface area contributed by atoms with E-state index in [9.17, 15) is 9.59 Å². The zero-order valence-corrected chi connectivity index (χ0v) is 17.3. The summed E-state index contributed by atoms with van der Waals surface area (Å²) in [5, 5.41) is 3.26. The van der Waals surface area contributed by atoms with Gasteiger partial charge in [0, 0.05) is 24.2 Å². The second-order valence-corrected chi connectivity index (χ2v) is 7.86. The van der Waals surface area contributed by atoms with Gasteiger partial charge in [0.05, 0.1) is 7.11 Å². The number of nitrogens with zero attached hydrogens (tertiary/aromatic N) is 2. The van der Waals surface area contributed by atoms with E-state index in [-0.39, 0.29) is 18.2 Å². The van der Waals surface area contributed by atoms with Gasteiger partial charge >= 0.3 is 0 Å². The number of hydrogen-bond donors (Lipinski definition) is 1. The highest BCUT2D eigenvalue weighted by atomic mass is 35.5. The summed E-state index contributed by atoms with van der Waals surface area (Å²) in [6, 6.07) is 12.6.